The van der Waals surface area contributed by atoms with Gasteiger partial charge >= 0.3 is 0 Å². The van der Waals surface area contributed by atoms with Gasteiger partial charge in [-0.3, -0.25) is 0 Å². The van der Waals surface area contributed by atoms with Crippen molar-refractivity contribution in [2.24, 2.45) is 0 Å². The van der Waals surface area contributed by atoms with Crippen LogP contribution in [0.4, 0.5) is 0 Å². The van der Waals surface area contributed by atoms with Gasteiger partial charge in [0.15, 0.2) is 0 Å². The first-order valence-corrected chi connectivity index (χ1v) is 6.77. The molecule has 0 saturated heterocycles. The van der Waals surface area contributed by atoms with Crippen molar-refractivity contribution in [1.82, 2.24) is 5.32 Å². The minimum atomic E-state index is 0.461. The van der Waals surface area contributed by atoms with Crippen LogP contribution < -0.4 is 5.32 Å². The van der Waals surface area contributed by atoms with E-state index in [4.69, 9.17) is 0 Å². The Labute approximate surface area is 97.7 Å². The molecule has 0 amide bonds. The van der Waals surface area contributed by atoms with Gasteiger partial charge in [0.25, 0.3) is 0 Å². The molecule has 1 atom stereocenters. The molecule has 0 bridgehead atoms. The maximum atomic E-state index is 3.53. The lowest BCUT2D eigenvalue weighted by Gasteiger charge is -2.14. The summed E-state index contributed by atoms with van der Waals surface area (Å²) in [7, 11) is 0. The lowest BCUT2D eigenvalue weighted by atomic mass is 10.1. The van der Waals surface area contributed by atoms with Gasteiger partial charge < -0.3 is 5.32 Å². The minimum absolute atomic E-state index is 0.461. The number of rotatable bonds is 6. The van der Waals surface area contributed by atoms with Crippen LogP contribution in [0.5, 0.6) is 0 Å². The van der Waals surface area contributed by atoms with Gasteiger partial charge in [0.1, 0.15) is 0 Å². The van der Waals surface area contributed by atoms with E-state index in [-0.39, 0.29) is 0 Å². The Kier molecular flexibility index (Phi) is 5.81. The summed E-state index contributed by atoms with van der Waals surface area (Å²) in [6.45, 7) is 7.64. The molecule has 1 aromatic rings. The van der Waals surface area contributed by atoms with Crippen LogP contribution >= 0.6 is 11.8 Å². The van der Waals surface area contributed by atoms with E-state index >= 15 is 0 Å². The fourth-order valence-electron chi connectivity index (χ4n) is 1.46. The number of aryl methyl sites for hydroxylation is 1. The summed E-state index contributed by atoms with van der Waals surface area (Å²) in [5, 5.41) is 3.53. The fraction of sp³-hybridized carbons (Fsp3) is 0.538. The van der Waals surface area contributed by atoms with Crippen molar-refractivity contribution in [1.29, 1.82) is 0 Å². The molecule has 0 aliphatic rings. The lowest BCUT2D eigenvalue weighted by molar-refractivity contribution is 0.601. The second kappa shape index (κ2) is 6.91. The SMILES string of the molecule is CCSCCN[C@H](C)c1ccc(C)cc1. The van der Waals surface area contributed by atoms with E-state index in [0.29, 0.717) is 6.04 Å². The monoisotopic (exact) mass is 223 g/mol. The zero-order valence-electron chi connectivity index (χ0n) is 9.92. The van der Waals surface area contributed by atoms with E-state index in [2.05, 4.69) is 50.4 Å². The van der Waals surface area contributed by atoms with Crippen LogP contribution in [-0.4, -0.2) is 18.1 Å². The Balaban J connectivity index is 2.33. The second-order valence-corrected chi connectivity index (χ2v) is 5.18. The zero-order chi connectivity index (χ0) is 11.1. The molecule has 0 fully saturated rings. The van der Waals surface area contributed by atoms with Crippen molar-refractivity contribution in [2.75, 3.05) is 18.1 Å². The van der Waals surface area contributed by atoms with Crippen molar-refractivity contribution >= 4 is 11.8 Å². The first-order chi connectivity index (χ1) is 7.24. The molecule has 1 nitrogen and oxygen atoms in total. The van der Waals surface area contributed by atoms with Crippen LogP contribution in [0.1, 0.15) is 31.0 Å². The summed E-state index contributed by atoms with van der Waals surface area (Å²) in [5.74, 6) is 2.41. The highest BCUT2D eigenvalue weighted by atomic mass is 32.2. The van der Waals surface area contributed by atoms with Crippen molar-refractivity contribution in [3.8, 4) is 0 Å². The third-order valence-corrected chi connectivity index (χ3v) is 3.38. The van der Waals surface area contributed by atoms with Crippen LogP contribution in [0.3, 0.4) is 0 Å². The highest BCUT2D eigenvalue weighted by molar-refractivity contribution is 7.99. The van der Waals surface area contributed by atoms with Crippen molar-refractivity contribution < 1.29 is 0 Å². The first kappa shape index (κ1) is 12.6. The van der Waals surface area contributed by atoms with Crippen LogP contribution in [0.25, 0.3) is 0 Å². The number of benzene rings is 1. The molecular formula is C13H21NS. The van der Waals surface area contributed by atoms with E-state index in [0.717, 1.165) is 6.54 Å². The molecular weight excluding hydrogens is 202 g/mol. The molecule has 1 N–H and O–H groups in total. The minimum Gasteiger partial charge on any atom is -0.309 e. The second-order valence-electron chi connectivity index (χ2n) is 3.78. The molecule has 1 aromatic carbocycles. The molecule has 0 heterocycles. The van der Waals surface area contributed by atoms with Gasteiger partial charge in [-0.25, -0.2) is 0 Å². The number of hydrogen-bond donors (Lipinski definition) is 1. The molecule has 0 unspecified atom stereocenters. The Hall–Kier alpha value is -0.470. The van der Waals surface area contributed by atoms with Crippen LogP contribution in [0.15, 0.2) is 24.3 Å². The molecule has 0 radical (unpaired) electrons. The molecule has 0 saturated carbocycles. The van der Waals surface area contributed by atoms with Crippen molar-refractivity contribution in [3.05, 3.63) is 35.4 Å². The number of nitrogens with one attached hydrogen (secondary N) is 1. The average molecular weight is 223 g/mol. The smallest absolute Gasteiger partial charge is 0.0292 e. The third kappa shape index (κ3) is 4.72. The summed E-state index contributed by atoms with van der Waals surface area (Å²) in [4.78, 5) is 0. The summed E-state index contributed by atoms with van der Waals surface area (Å²) < 4.78 is 0. The highest BCUT2D eigenvalue weighted by Gasteiger charge is 2.02. The Morgan fingerprint density at radius 2 is 1.93 bits per heavy atom. The van der Waals surface area contributed by atoms with Gasteiger partial charge in [0, 0.05) is 18.3 Å². The highest BCUT2D eigenvalue weighted by Crippen LogP contribution is 2.12. The summed E-state index contributed by atoms with van der Waals surface area (Å²) in [6.07, 6.45) is 0. The predicted octanol–water partition coefficient (Wildman–Crippen LogP) is 3.40. The van der Waals surface area contributed by atoms with Gasteiger partial charge in [0.05, 0.1) is 0 Å². The zero-order valence-corrected chi connectivity index (χ0v) is 10.7. The van der Waals surface area contributed by atoms with Crippen molar-refractivity contribution in [3.63, 3.8) is 0 Å². The summed E-state index contributed by atoms with van der Waals surface area (Å²) >= 11 is 1.99. The Bertz CT molecular complexity index is 268. The molecule has 1 rings (SSSR count). The Morgan fingerprint density at radius 3 is 2.53 bits per heavy atom. The third-order valence-electron chi connectivity index (χ3n) is 2.48. The lowest BCUT2D eigenvalue weighted by Crippen LogP contribution is -2.21. The van der Waals surface area contributed by atoms with E-state index < -0.39 is 0 Å². The summed E-state index contributed by atoms with van der Waals surface area (Å²) in [6, 6.07) is 9.23. The molecule has 84 valence electrons. The average Bonchev–Trinajstić information content (AvgIpc) is 2.25. The topological polar surface area (TPSA) is 12.0 Å². The van der Waals surface area contributed by atoms with E-state index in [1.165, 1.54) is 22.6 Å². The van der Waals surface area contributed by atoms with E-state index in [1.54, 1.807) is 0 Å². The maximum Gasteiger partial charge on any atom is 0.0292 e. The van der Waals surface area contributed by atoms with Crippen LogP contribution in [0.2, 0.25) is 0 Å². The molecule has 0 aliphatic heterocycles. The maximum absolute atomic E-state index is 3.53. The van der Waals surface area contributed by atoms with Gasteiger partial charge in [0.2, 0.25) is 0 Å². The van der Waals surface area contributed by atoms with Gasteiger partial charge in [-0.05, 0) is 25.2 Å². The largest absolute Gasteiger partial charge is 0.309 e. The standard InChI is InChI=1S/C13H21NS/c1-4-15-10-9-14-12(3)13-7-5-11(2)6-8-13/h5-8,12,14H,4,9-10H2,1-3H3/t12-/m1/s1. The first-order valence-electron chi connectivity index (χ1n) is 5.61. The van der Waals surface area contributed by atoms with Crippen molar-refractivity contribution in [2.45, 2.75) is 26.8 Å². The molecule has 0 aliphatic carbocycles. The molecule has 0 aromatic heterocycles. The fourth-order valence-corrected chi connectivity index (χ4v) is 2.02. The van der Waals surface area contributed by atoms with Crippen LogP contribution in [-0.2, 0) is 0 Å². The van der Waals surface area contributed by atoms with Gasteiger partial charge in [-0.15, -0.1) is 0 Å². The van der Waals surface area contributed by atoms with E-state index in [1.807, 2.05) is 11.8 Å². The van der Waals surface area contributed by atoms with Gasteiger partial charge in [-0.2, -0.15) is 11.8 Å². The molecule has 0 spiro atoms. The molecule has 15 heavy (non-hydrogen) atoms. The van der Waals surface area contributed by atoms with Gasteiger partial charge in [-0.1, -0.05) is 36.8 Å². The quantitative estimate of drug-likeness (QED) is 0.742. The predicted molar refractivity (Wildman–Crippen MR) is 70.6 cm³/mol. The normalized spacial score (nSPS) is 12.7. The number of thioether (sulfide) groups is 1. The van der Waals surface area contributed by atoms with E-state index in [9.17, 15) is 0 Å². The Morgan fingerprint density at radius 1 is 1.27 bits per heavy atom. The van der Waals surface area contributed by atoms with Crippen LogP contribution in [0, 0.1) is 6.92 Å². The number of hydrogen-bond acceptors (Lipinski definition) is 2. The summed E-state index contributed by atoms with van der Waals surface area (Å²) in [5.41, 5.74) is 2.70. The molecule has 2 heteroatoms.